The van der Waals surface area contributed by atoms with E-state index in [2.05, 4.69) is 57.8 Å². The number of hydrogen-bond acceptors (Lipinski definition) is 6. The first kappa shape index (κ1) is 26.3. The van der Waals surface area contributed by atoms with Crippen molar-refractivity contribution in [2.75, 3.05) is 27.7 Å². The Hall–Kier alpha value is -1.72. The molecule has 1 unspecified atom stereocenters. The Bertz CT molecular complexity index is 854. The maximum absolute atomic E-state index is 12.0. The molecule has 9 heteroatoms. The van der Waals surface area contributed by atoms with Gasteiger partial charge in [-0.15, -0.1) is 35.3 Å². The molecule has 0 aliphatic heterocycles. The quantitative estimate of drug-likeness (QED) is 0.228. The normalized spacial score (nSPS) is 12.3. The fourth-order valence-corrected chi connectivity index (χ4v) is 3.82. The van der Waals surface area contributed by atoms with Crippen molar-refractivity contribution in [1.82, 2.24) is 20.5 Å². The molecule has 0 saturated carbocycles. The minimum absolute atomic E-state index is 0. The second-order valence-corrected chi connectivity index (χ2v) is 8.02. The summed E-state index contributed by atoms with van der Waals surface area (Å²) in [7, 11) is 5.87. The number of ether oxygens (including phenoxy) is 1. The molecule has 0 aliphatic carbocycles. The Labute approximate surface area is 200 Å². The molecule has 0 saturated heterocycles. The number of thiazole rings is 1. The number of nitrogens with one attached hydrogen (secondary N) is 2. The van der Waals surface area contributed by atoms with Crippen LogP contribution in [0.1, 0.15) is 51.4 Å². The fraction of sp³-hybridized carbons (Fsp3) is 0.476. The van der Waals surface area contributed by atoms with Gasteiger partial charge < -0.3 is 20.3 Å². The van der Waals surface area contributed by atoms with E-state index in [9.17, 15) is 4.79 Å². The zero-order chi connectivity index (χ0) is 21.4. The zero-order valence-corrected chi connectivity index (χ0v) is 21.6. The lowest BCUT2D eigenvalue weighted by Crippen LogP contribution is -2.38. The van der Waals surface area contributed by atoms with Crippen LogP contribution in [0.4, 0.5) is 0 Å². The molecule has 0 spiro atoms. The monoisotopic (exact) mass is 545 g/mol. The van der Waals surface area contributed by atoms with E-state index in [-0.39, 0.29) is 36.0 Å². The molecule has 0 bridgehead atoms. The number of aromatic nitrogens is 1. The molecule has 0 fully saturated rings. The van der Waals surface area contributed by atoms with Crippen molar-refractivity contribution in [3.63, 3.8) is 0 Å². The molecule has 2 rings (SSSR count). The minimum atomic E-state index is -0.319. The highest BCUT2D eigenvalue weighted by atomic mass is 127. The molecule has 0 aliphatic rings. The number of nitrogens with zero attached hydrogens (tertiary/aromatic N) is 3. The molecular weight excluding hydrogens is 513 g/mol. The van der Waals surface area contributed by atoms with Gasteiger partial charge in [-0.1, -0.05) is 24.3 Å². The topological polar surface area (TPSA) is 78.8 Å². The molecule has 7 nitrogen and oxygen atoms in total. The van der Waals surface area contributed by atoms with Gasteiger partial charge in [-0.05, 0) is 46.0 Å². The van der Waals surface area contributed by atoms with Crippen LogP contribution in [0, 0.1) is 6.92 Å². The number of halogens is 1. The summed E-state index contributed by atoms with van der Waals surface area (Å²) in [4.78, 5) is 23.6. The minimum Gasteiger partial charge on any atom is -0.462 e. The number of rotatable bonds is 8. The Morgan fingerprint density at radius 2 is 1.97 bits per heavy atom. The molecule has 166 valence electrons. The van der Waals surface area contributed by atoms with Crippen molar-refractivity contribution < 1.29 is 9.53 Å². The van der Waals surface area contributed by atoms with Crippen molar-refractivity contribution in [1.29, 1.82) is 0 Å². The van der Waals surface area contributed by atoms with Crippen LogP contribution < -0.4 is 10.6 Å². The SMILES string of the molecule is CCOC(=O)c1sc(C(C)NC(=NC)NCc2ccccc2CN(C)C)nc1C.I. The van der Waals surface area contributed by atoms with Crippen molar-refractivity contribution in [3.05, 3.63) is 51.0 Å². The van der Waals surface area contributed by atoms with Crippen LogP contribution in [0.2, 0.25) is 0 Å². The predicted octanol–water partition coefficient (Wildman–Crippen LogP) is 3.73. The highest BCUT2D eigenvalue weighted by Crippen LogP contribution is 2.24. The number of esters is 1. The molecule has 1 heterocycles. The van der Waals surface area contributed by atoms with E-state index in [1.807, 2.05) is 19.9 Å². The van der Waals surface area contributed by atoms with Gasteiger partial charge in [0.05, 0.1) is 18.3 Å². The lowest BCUT2D eigenvalue weighted by atomic mass is 10.1. The van der Waals surface area contributed by atoms with Gasteiger partial charge in [-0.25, -0.2) is 9.78 Å². The summed E-state index contributed by atoms with van der Waals surface area (Å²) in [5, 5.41) is 7.54. The van der Waals surface area contributed by atoms with Crippen molar-refractivity contribution >= 4 is 47.2 Å². The third-order valence-corrected chi connectivity index (χ3v) is 5.59. The second-order valence-electron chi connectivity index (χ2n) is 6.99. The van der Waals surface area contributed by atoms with Gasteiger partial charge in [-0.3, -0.25) is 4.99 Å². The molecule has 1 aromatic carbocycles. The van der Waals surface area contributed by atoms with Gasteiger partial charge in [0.15, 0.2) is 5.96 Å². The first-order valence-electron chi connectivity index (χ1n) is 9.68. The second kappa shape index (κ2) is 12.9. The van der Waals surface area contributed by atoms with Gasteiger partial charge in [0.1, 0.15) is 9.88 Å². The van der Waals surface area contributed by atoms with E-state index in [0.29, 0.717) is 29.7 Å². The average Bonchev–Trinajstić information content (AvgIpc) is 3.07. The molecule has 30 heavy (non-hydrogen) atoms. The van der Waals surface area contributed by atoms with Gasteiger partial charge >= 0.3 is 5.97 Å². The molecule has 1 aromatic heterocycles. The summed E-state index contributed by atoms with van der Waals surface area (Å²) in [6, 6.07) is 8.28. The van der Waals surface area contributed by atoms with Crippen molar-refractivity contribution in [2.24, 2.45) is 4.99 Å². The fourth-order valence-electron chi connectivity index (χ4n) is 2.85. The molecule has 2 aromatic rings. The average molecular weight is 545 g/mol. The summed E-state index contributed by atoms with van der Waals surface area (Å²) < 4.78 is 5.10. The zero-order valence-electron chi connectivity index (χ0n) is 18.5. The Balaban J connectivity index is 0.00000450. The first-order valence-corrected chi connectivity index (χ1v) is 10.5. The third-order valence-electron chi connectivity index (χ3n) is 4.27. The van der Waals surface area contributed by atoms with E-state index in [0.717, 1.165) is 11.6 Å². The van der Waals surface area contributed by atoms with Crippen LogP contribution in [-0.4, -0.2) is 49.6 Å². The van der Waals surface area contributed by atoms with Gasteiger partial charge in [-0.2, -0.15) is 0 Å². The van der Waals surface area contributed by atoms with E-state index < -0.39 is 0 Å². The molecule has 0 amide bonds. The molecule has 2 N–H and O–H groups in total. The van der Waals surface area contributed by atoms with E-state index >= 15 is 0 Å². The number of aliphatic imine (C=N–C) groups is 1. The standard InChI is InChI=1S/C21H31N5O2S.HI/c1-7-28-20(27)18-14(2)24-19(29-18)15(3)25-21(22-4)23-12-16-10-8-9-11-17(16)13-26(5)6;/h8-11,15H,7,12-13H2,1-6H3,(H2,22,23,25);1H. The van der Waals surface area contributed by atoms with Crippen LogP contribution >= 0.6 is 35.3 Å². The maximum Gasteiger partial charge on any atom is 0.350 e. The van der Waals surface area contributed by atoms with E-state index in [1.54, 1.807) is 14.0 Å². The molecule has 1 atom stereocenters. The summed E-state index contributed by atoms with van der Waals surface area (Å²) in [5.41, 5.74) is 3.20. The summed E-state index contributed by atoms with van der Waals surface area (Å²) in [6.45, 7) is 7.53. The summed E-state index contributed by atoms with van der Waals surface area (Å²) in [6.07, 6.45) is 0. The smallest absolute Gasteiger partial charge is 0.350 e. The van der Waals surface area contributed by atoms with E-state index in [4.69, 9.17) is 4.74 Å². The largest absolute Gasteiger partial charge is 0.462 e. The molecular formula is C21H32IN5O2S. The number of carbonyl (C=O) groups excluding carboxylic acids is 1. The Morgan fingerprint density at radius 3 is 2.57 bits per heavy atom. The number of benzene rings is 1. The van der Waals surface area contributed by atoms with Crippen LogP contribution in [0.3, 0.4) is 0 Å². The Kier molecular flexibility index (Phi) is 11.3. The highest BCUT2D eigenvalue weighted by Gasteiger charge is 2.20. The Morgan fingerprint density at radius 1 is 1.30 bits per heavy atom. The van der Waals surface area contributed by atoms with Gasteiger partial charge in [0.2, 0.25) is 0 Å². The van der Waals surface area contributed by atoms with E-state index in [1.165, 1.54) is 22.5 Å². The van der Waals surface area contributed by atoms with Crippen molar-refractivity contribution in [3.8, 4) is 0 Å². The maximum atomic E-state index is 12.0. The van der Waals surface area contributed by atoms with Crippen LogP contribution in [-0.2, 0) is 17.8 Å². The number of aryl methyl sites for hydroxylation is 1. The van der Waals surface area contributed by atoms with Crippen LogP contribution in [0.5, 0.6) is 0 Å². The number of guanidine groups is 1. The third kappa shape index (κ3) is 7.51. The molecule has 0 radical (unpaired) electrons. The lowest BCUT2D eigenvalue weighted by molar-refractivity contribution is 0.0531. The van der Waals surface area contributed by atoms with Gasteiger partial charge in [0.25, 0.3) is 0 Å². The number of carbonyl (C=O) groups is 1. The highest BCUT2D eigenvalue weighted by molar-refractivity contribution is 14.0. The number of hydrogen-bond donors (Lipinski definition) is 2. The van der Waals surface area contributed by atoms with Crippen LogP contribution in [0.15, 0.2) is 29.3 Å². The summed E-state index contributed by atoms with van der Waals surface area (Å²) in [5.74, 6) is 0.364. The van der Waals surface area contributed by atoms with Crippen LogP contribution in [0.25, 0.3) is 0 Å². The predicted molar refractivity (Wildman–Crippen MR) is 134 cm³/mol. The van der Waals surface area contributed by atoms with Crippen molar-refractivity contribution in [2.45, 2.75) is 39.9 Å². The lowest BCUT2D eigenvalue weighted by Gasteiger charge is -2.18. The summed E-state index contributed by atoms with van der Waals surface area (Å²) >= 11 is 1.36. The van der Waals surface area contributed by atoms with Gasteiger partial charge in [0, 0.05) is 20.1 Å². The first-order chi connectivity index (χ1) is 13.8.